The molecule has 0 unspecified atom stereocenters. The third-order valence-electron chi connectivity index (χ3n) is 3.99. The first-order chi connectivity index (χ1) is 9.77. The van der Waals surface area contributed by atoms with Crippen molar-refractivity contribution >= 4 is 5.97 Å². The third-order valence-corrected chi connectivity index (χ3v) is 3.99. The largest absolute Gasteiger partial charge is 2.00 e. The molecule has 0 bridgehead atoms. The Balaban J connectivity index is -0.000000602. The second kappa shape index (κ2) is 27.5. The normalized spacial score (nSPS) is 9.43. The smallest absolute Gasteiger partial charge is 1.00 e. The zero-order chi connectivity index (χ0) is 14.9. The van der Waals surface area contributed by atoms with Crippen LogP contribution in [0, 0.1) is 0 Å². The molecule has 0 heterocycles. The van der Waals surface area contributed by atoms with Crippen molar-refractivity contribution < 1.29 is 53.1 Å². The molecule has 0 aromatic heterocycles. The summed E-state index contributed by atoms with van der Waals surface area (Å²) >= 11 is 0. The predicted octanol–water partition coefficient (Wildman–Crippen LogP) is 0.222. The van der Waals surface area contributed by atoms with Gasteiger partial charge in [0.1, 0.15) is 0 Å². The molecule has 0 fully saturated rings. The van der Waals surface area contributed by atoms with E-state index in [-0.39, 0.29) is 43.2 Å². The van der Waals surface area contributed by atoms with Crippen LogP contribution in [0.5, 0.6) is 0 Å². The van der Waals surface area contributed by atoms with Gasteiger partial charge in [-0.1, -0.05) is 96.8 Å². The van der Waals surface area contributed by atoms with E-state index < -0.39 is 5.97 Å². The molecule has 3 nitrogen and oxygen atoms in total. The van der Waals surface area contributed by atoms with Gasteiger partial charge >= 0.3 is 43.7 Å². The minimum absolute atomic E-state index is 0. The minimum Gasteiger partial charge on any atom is -2.00 e. The number of carboxylic acids is 1. The van der Waals surface area contributed by atoms with Crippen molar-refractivity contribution in [1.29, 1.82) is 0 Å². The maximum Gasteiger partial charge on any atom is 1.00 e. The van der Waals surface area contributed by atoms with Gasteiger partial charge in [-0.2, -0.15) is 0 Å². The Bertz CT molecular complexity index is 214. The fourth-order valence-corrected chi connectivity index (χ4v) is 2.65. The van der Waals surface area contributed by atoms with Crippen molar-refractivity contribution in [2.45, 2.75) is 110 Å². The number of rotatable bonds is 16. The first-order valence-electron chi connectivity index (χ1n) is 8.99. The fourth-order valence-electron chi connectivity index (χ4n) is 2.65. The van der Waals surface area contributed by atoms with E-state index in [1.807, 2.05) is 0 Å². The molecule has 0 aliphatic carbocycles. The van der Waals surface area contributed by atoms with E-state index in [4.69, 9.17) is 5.11 Å². The zero-order valence-corrected chi connectivity index (χ0v) is 16.1. The van der Waals surface area contributed by atoms with Gasteiger partial charge in [-0.25, -0.2) is 0 Å². The summed E-state index contributed by atoms with van der Waals surface area (Å²) in [4.78, 5) is 10.3. The molecule has 0 aromatic rings. The van der Waals surface area contributed by atoms with E-state index in [0.29, 0.717) is 6.42 Å². The van der Waals surface area contributed by atoms with E-state index in [1.165, 1.54) is 83.5 Å². The second-order valence-electron chi connectivity index (χ2n) is 6.09. The topological polar surface area (TPSA) is 65.8 Å². The molecule has 0 aliphatic heterocycles. The first-order valence-corrected chi connectivity index (χ1v) is 8.99. The first kappa shape index (κ1) is 31.4. The van der Waals surface area contributed by atoms with Crippen LogP contribution < -0.4 is 37.7 Å². The van der Waals surface area contributed by atoms with Gasteiger partial charge in [0, 0.05) is 6.42 Å². The third kappa shape index (κ3) is 31.0. The SMILES string of the molecule is CCCCCCCCCCCCCCCCCC(=O)O.[Li+].[Li+].[O-2]. The maximum atomic E-state index is 10.3. The molecule has 128 valence electrons. The molecule has 0 atom stereocenters. The van der Waals surface area contributed by atoms with Crippen molar-refractivity contribution in [3.63, 3.8) is 0 Å². The predicted molar refractivity (Wildman–Crippen MR) is 87.9 cm³/mol. The average Bonchev–Trinajstić information content (AvgIpc) is 2.43. The number of carbonyl (C=O) groups is 1. The molecular weight excluding hydrogens is 278 g/mol. The number of carboxylic acid groups (broad SMARTS) is 1. The van der Waals surface area contributed by atoms with Crippen molar-refractivity contribution in [1.82, 2.24) is 0 Å². The summed E-state index contributed by atoms with van der Waals surface area (Å²) in [6.45, 7) is 2.27. The Morgan fingerprint density at radius 1 is 0.609 bits per heavy atom. The number of aliphatic carboxylic acids is 1. The van der Waals surface area contributed by atoms with Crippen molar-refractivity contribution in [2.75, 3.05) is 0 Å². The molecule has 0 saturated carbocycles. The molecule has 0 rings (SSSR count). The van der Waals surface area contributed by atoms with Crippen LogP contribution in [0.4, 0.5) is 0 Å². The molecule has 23 heavy (non-hydrogen) atoms. The summed E-state index contributed by atoms with van der Waals surface area (Å²) in [5.41, 5.74) is 0. The van der Waals surface area contributed by atoms with Gasteiger partial charge in [0.15, 0.2) is 0 Å². The number of unbranched alkanes of at least 4 members (excludes halogenated alkanes) is 14. The molecular formula is C18H36Li2O3. The summed E-state index contributed by atoms with van der Waals surface area (Å²) in [6.07, 6.45) is 20.2. The summed E-state index contributed by atoms with van der Waals surface area (Å²) < 4.78 is 0. The summed E-state index contributed by atoms with van der Waals surface area (Å²) in [5.74, 6) is -0.653. The Kier molecular flexibility index (Phi) is 37.5. The maximum absolute atomic E-state index is 10.3. The van der Waals surface area contributed by atoms with E-state index >= 15 is 0 Å². The van der Waals surface area contributed by atoms with Gasteiger partial charge in [-0.05, 0) is 6.42 Å². The standard InChI is InChI=1S/C18H36O2.2Li.O/c1-2-3-4-5-6-7-8-9-10-11-12-13-14-15-16-17-18(19)20;;;/h2-17H2,1H3,(H,19,20);;;/q;2*+1;-2. The van der Waals surface area contributed by atoms with Gasteiger partial charge < -0.3 is 10.6 Å². The van der Waals surface area contributed by atoms with Gasteiger partial charge in [-0.15, -0.1) is 0 Å². The van der Waals surface area contributed by atoms with Crippen molar-refractivity contribution in [2.24, 2.45) is 0 Å². The Morgan fingerprint density at radius 2 is 0.870 bits per heavy atom. The van der Waals surface area contributed by atoms with Crippen LogP contribution in [0.25, 0.3) is 0 Å². The van der Waals surface area contributed by atoms with Gasteiger partial charge in [0.05, 0.1) is 0 Å². The number of hydrogen-bond donors (Lipinski definition) is 1. The van der Waals surface area contributed by atoms with E-state index in [1.54, 1.807) is 0 Å². The van der Waals surface area contributed by atoms with E-state index in [2.05, 4.69) is 6.92 Å². The summed E-state index contributed by atoms with van der Waals surface area (Å²) in [5, 5.41) is 8.52. The van der Waals surface area contributed by atoms with Crippen molar-refractivity contribution in [3.8, 4) is 0 Å². The number of hydrogen-bond acceptors (Lipinski definition) is 1. The average molecular weight is 314 g/mol. The van der Waals surface area contributed by atoms with Crippen LogP contribution >= 0.6 is 0 Å². The monoisotopic (exact) mass is 314 g/mol. The minimum atomic E-state index is -0.653. The molecule has 0 aromatic carbocycles. The van der Waals surface area contributed by atoms with Crippen LogP contribution in [0.1, 0.15) is 110 Å². The van der Waals surface area contributed by atoms with Crippen LogP contribution in [-0.2, 0) is 10.3 Å². The Labute approximate surface area is 168 Å². The summed E-state index contributed by atoms with van der Waals surface area (Å²) in [6, 6.07) is 0. The van der Waals surface area contributed by atoms with E-state index in [0.717, 1.165) is 12.8 Å². The molecule has 0 aliphatic rings. The molecule has 0 radical (unpaired) electrons. The quantitative estimate of drug-likeness (QED) is 0.327. The Hall–Kier alpha value is 0.625. The second-order valence-corrected chi connectivity index (χ2v) is 6.09. The van der Waals surface area contributed by atoms with Crippen LogP contribution in [0.3, 0.4) is 0 Å². The van der Waals surface area contributed by atoms with Gasteiger partial charge in [0.25, 0.3) is 0 Å². The summed E-state index contributed by atoms with van der Waals surface area (Å²) in [7, 11) is 0. The molecule has 5 heteroatoms. The van der Waals surface area contributed by atoms with Crippen LogP contribution in [-0.4, -0.2) is 11.1 Å². The van der Waals surface area contributed by atoms with Crippen molar-refractivity contribution in [3.05, 3.63) is 0 Å². The fraction of sp³-hybridized carbons (Fsp3) is 0.944. The molecule has 0 saturated heterocycles. The molecule has 0 amide bonds. The zero-order valence-electron chi connectivity index (χ0n) is 16.1. The van der Waals surface area contributed by atoms with Crippen LogP contribution in [0.15, 0.2) is 0 Å². The van der Waals surface area contributed by atoms with Gasteiger partial charge in [-0.3, -0.25) is 4.79 Å². The Morgan fingerprint density at radius 3 is 1.13 bits per heavy atom. The van der Waals surface area contributed by atoms with Gasteiger partial charge in [0.2, 0.25) is 0 Å². The van der Waals surface area contributed by atoms with E-state index in [9.17, 15) is 4.79 Å². The molecule has 0 spiro atoms. The van der Waals surface area contributed by atoms with Crippen LogP contribution in [0.2, 0.25) is 0 Å². The molecule has 1 N–H and O–H groups in total.